The normalized spacial score (nSPS) is 21.3. The van der Waals surface area contributed by atoms with E-state index >= 15 is 0 Å². The van der Waals surface area contributed by atoms with Crippen LogP contribution in [0, 0.1) is 11.7 Å². The molecule has 0 saturated heterocycles. The molecule has 0 radical (unpaired) electrons. The number of halogens is 1. The summed E-state index contributed by atoms with van der Waals surface area (Å²) in [6.45, 7) is 0.176. The molecule has 7 nitrogen and oxygen atoms in total. The Bertz CT molecular complexity index is 997. The Morgan fingerprint density at radius 2 is 2.14 bits per heavy atom. The first-order valence-corrected chi connectivity index (χ1v) is 9.49. The fourth-order valence-corrected chi connectivity index (χ4v) is 3.62. The molecular weight excluding hydrogens is 373 g/mol. The fourth-order valence-electron chi connectivity index (χ4n) is 3.62. The summed E-state index contributed by atoms with van der Waals surface area (Å²) in [5, 5.41) is 12.6. The maximum atomic E-state index is 13.7. The number of carbonyl (C=O) groups excluding carboxylic acids is 1. The molecule has 0 unspecified atom stereocenters. The Morgan fingerprint density at radius 3 is 2.83 bits per heavy atom. The molecule has 0 aliphatic heterocycles. The van der Waals surface area contributed by atoms with Crippen molar-refractivity contribution in [2.75, 3.05) is 0 Å². The molecule has 3 atom stereocenters. The van der Waals surface area contributed by atoms with Crippen LogP contribution in [-0.2, 0) is 11.3 Å². The number of nitrogens with zero attached hydrogens (tertiary/aromatic N) is 2. The van der Waals surface area contributed by atoms with Gasteiger partial charge in [0.05, 0.1) is 29.7 Å². The summed E-state index contributed by atoms with van der Waals surface area (Å²) in [6.07, 6.45) is 1.84. The summed E-state index contributed by atoms with van der Waals surface area (Å²) >= 11 is 0. The Kier molecular flexibility index (Phi) is 5.37. The van der Waals surface area contributed by atoms with E-state index in [4.69, 9.17) is 5.73 Å². The summed E-state index contributed by atoms with van der Waals surface area (Å²) in [5.41, 5.74) is 8.29. The molecule has 29 heavy (non-hydrogen) atoms. The van der Waals surface area contributed by atoms with Crippen molar-refractivity contribution in [2.24, 2.45) is 11.7 Å². The zero-order chi connectivity index (χ0) is 20.4. The highest BCUT2D eigenvalue weighted by molar-refractivity contribution is 5.79. The number of nitrogens with one attached hydrogen (secondary N) is 2. The van der Waals surface area contributed by atoms with Crippen molar-refractivity contribution in [1.29, 1.82) is 0 Å². The molecule has 1 fully saturated rings. The van der Waals surface area contributed by atoms with Crippen LogP contribution < -0.4 is 11.1 Å². The lowest BCUT2D eigenvalue weighted by molar-refractivity contribution is -0.125. The number of H-pyrrole nitrogens is 1. The minimum absolute atomic E-state index is 0.167. The third-order valence-corrected chi connectivity index (χ3v) is 5.15. The molecule has 0 spiro atoms. The lowest BCUT2D eigenvalue weighted by Crippen LogP contribution is -2.30. The first-order valence-electron chi connectivity index (χ1n) is 9.49. The van der Waals surface area contributed by atoms with Gasteiger partial charge in [-0.05, 0) is 37.1 Å². The van der Waals surface area contributed by atoms with Crippen molar-refractivity contribution < 1.29 is 14.3 Å². The van der Waals surface area contributed by atoms with Gasteiger partial charge in [0.25, 0.3) is 0 Å². The molecule has 8 heteroatoms. The second-order valence-electron chi connectivity index (χ2n) is 7.25. The second-order valence-corrected chi connectivity index (χ2v) is 7.25. The number of carbonyl (C=O) groups is 1. The van der Waals surface area contributed by atoms with Crippen molar-refractivity contribution >= 4 is 5.91 Å². The van der Waals surface area contributed by atoms with Crippen molar-refractivity contribution in [3.63, 3.8) is 0 Å². The second kappa shape index (κ2) is 8.10. The molecule has 5 N–H and O–H groups in total. The van der Waals surface area contributed by atoms with Gasteiger partial charge in [0, 0.05) is 23.7 Å². The molecule has 2 heterocycles. The maximum absolute atomic E-state index is 13.7. The Balaban J connectivity index is 1.57. The van der Waals surface area contributed by atoms with Gasteiger partial charge in [-0.3, -0.25) is 9.78 Å². The predicted molar refractivity (Wildman–Crippen MR) is 106 cm³/mol. The molecule has 1 aliphatic rings. The van der Waals surface area contributed by atoms with Gasteiger partial charge < -0.3 is 21.1 Å². The number of hydrogen-bond donors (Lipinski definition) is 4. The number of aliphatic hydroxyl groups excluding tert-OH is 1. The number of pyridine rings is 1. The zero-order valence-electron chi connectivity index (χ0n) is 15.7. The van der Waals surface area contributed by atoms with Gasteiger partial charge in [0.1, 0.15) is 11.6 Å². The van der Waals surface area contributed by atoms with Crippen LogP contribution in [-0.4, -0.2) is 38.1 Å². The molecule has 1 aromatic carbocycles. The summed E-state index contributed by atoms with van der Waals surface area (Å²) < 4.78 is 13.7. The Labute approximate surface area is 167 Å². The molecule has 1 saturated carbocycles. The highest BCUT2D eigenvalue weighted by Gasteiger charge is 2.34. The fraction of sp³-hybridized carbons (Fsp3) is 0.286. The highest BCUT2D eigenvalue weighted by atomic mass is 19.1. The van der Waals surface area contributed by atoms with Gasteiger partial charge in [-0.2, -0.15) is 0 Å². The SMILES string of the molecule is N[C@@H]1C[C@H](C(=O)NCc2nc(-c3cccc(F)c3)c(-c3ccccn3)[nH]2)C[C@H]1O. The summed E-state index contributed by atoms with van der Waals surface area (Å²) in [6, 6.07) is 11.3. The van der Waals surface area contributed by atoms with Gasteiger partial charge in [-0.1, -0.05) is 18.2 Å². The smallest absolute Gasteiger partial charge is 0.223 e. The van der Waals surface area contributed by atoms with Crippen LogP contribution in [0.25, 0.3) is 22.6 Å². The number of benzene rings is 1. The summed E-state index contributed by atoms with van der Waals surface area (Å²) in [4.78, 5) is 24.5. The third kappa shape index (κ3) is 4.18. The third-order valence-electron chi connectivity index (χ3n) is 5.15. The molecule has 1 aliphatic carbocycles. The van der Waals surface area contributed by atoms with Gasteiger partial charge in [0.2, 0.25) is 5.91 Å². The largest absolute Gasteiger partial charge is 0.391 e. The number of hydrogen-bond acceptors (Lipinski definition) is 5. The van der Waals surface area contributed by atoms with E-state index in [1.807, 2.05) is 18.2 Å². The van der Waals surface area contributed by atoms with E-state index in [1.165, 1.54) is 12.1 Å². The topological polar surface area (TPSA) is 117 Å². The van der Waals surface area contributed by atoms with E-state index in [1.54, 1.807) is 18.3 Å². The molecular formula is C21H22FN5O2. The number of amides is 1. The van der Waals surface area contributed by atoms with Crippen LogP contribution in [0.4, 0.5) is 4.39 Å². The van der Waals surface area contributed by atoms with Crippen molar-refractivity contribution in [3.8, 4) is 22.6 Å². The minimum Gasteiger partial charge on any atom is -0.391 e. The van der Waals surface area contributed by atoms with Gasteiger partial charge in [0.15, 0.2) is 0 Å². The average molecular weight is 395 g/mol. The number of aliphatic hydroxyl groups is 1. The molecule has 150 valence electrons. The number of imidazole rings is 1. The monoisotopic (exact) mass is 395 g/mol. The molecule has 1 amide bonds. The molecule has 3 aromatic rings. The first-order chi connectivity index (χ1) is 14.0. The van der Waals surface area contributed by atoms with E-state index in [-0.39, 0.29) is 30.2 Å². The van der Waals surface area contributed by atoms with Gasteiger partial charge in [-0.15, -0.1) is 0 Å². The van der Waals surface area contributed by atoms with E-state index in [2.05, 4.69) is 20.3 Å². The Morgan fingerprint density at radius 1 is 1.28 bits per heavy atom. The van der Waals surface area contributed by atoms with Crippen LogP contribution in [0.3, 0.4) is 0 Å². The van der Waals surface area contributed by atoms with Crippen LogP contribution in [0.5, 0.6) is 0 Å². The van der Waals surface area contributed by atoms with E-state index in [9.17, 15) is 14.3 Å². The highest BCUT2D eigenvalue weighted by Crippen LogP contribution is 2.29. The predicted octanol–water partition coefficient (Wildman–Crippen LogP) is 1.99. The van der Waals surface area contributed by atoms with Crippen molar-refractivity contribution in [3.05, 3.63) is 60.3 Å². The number of aromatic amines is 1. The van der Waals surface area contributed by atoms with E-state index in [0.29, 0.717) is 41.3 Å². The van der Waals surface area contributed by atoms with Gasteiger partial charge >= 0.3 is 0 Å². The number of rotatable bonds is 5. The van der Waals surface area contributed by atoms with Gasteiger partial charge in [-0.25, -0.2) is 9.37 Å². The van der Waals surface area contributed by atoms with E-state index < -0.39 is 6.10 Å². The first kappa shape index (κ1) is 19.2. The lowest BCUT2D eigenvalue weighted by Gasteiger charge is -2.09. The Hall–Kier alpha value is -3.10. The molecule has 4 rings (SSSR count). The van der Waals surface area contributed by atoms with Crippen LogP contribution >= 0.6 is 0 Å². The summed E-state index contributed by atoms with van der Waals surface area (Å²) in [7, 11) is 0. The van der Waals surface area contributed by atoms with E-state index in [0.717, 1.165) is 0 Å². The lowest BCUT2D eigenvalue weighted by atomic mass is 10.1. The quantitative estimate of drug-likeness (QED) is 0.527. The minimum atomic E-state index is -0.648. The standard InChI is InChI=1S/C21H22FN5O2/c22-14-5-3-4-12(8-14)19-20(16-6-1-2-7-24-16)27-18(26-19)11-25-21(29)13-9-15(23)17(28)10-13/h1-8,13,15,17,28H,9-11,23H2,(H,25,29)(H,26,27)/t13-,15+,17+/m0/s1. The maximum Gasteiger partial charge on any atom is 0.223 e. The van der Waals surface area contributed by atoms with Crippen LogP contribution in [0.1, 0.15) is 18.7 Å². The van der Waals surface area contributed by atoms with Crippen LogP contribution in [0.2, 0.25) is 0 Å². The summed E-state index contributed by atoms with van der Waals surface area (Å²) in [5.74, 6) is -0.308. The van der Waals surface area contributed by atoms with Crippen molar-refractivity contribution in [2.45, 2.75) is 31.5 Å². The average Bonchev–Trinajstić information content (AvgIpc) is 3.30. The number of nitrogens with two attached hydrogens (primary N) is 1. The molecule has 0 bridgehead atoms. The zero-order valence-corrected chi connectivity index (χ0v) is 15.7. The van der Waals surface area contributed by atoms with Crippen LogP contribution in [0.15, 0.2) is 48.7 Å². The molecule has 2 aromatic heterocycles. The number of aromatic nitrogens is 3. The van der Waals surface area contributed by atoms with Crippen molar-refractivity contribution in [1.82, 2.24) is 20.3 Å².